The first kappa shape index (κ1) is 14.6. The van der Waals surface area contributed by atoms with E-state index in [1.54, 1.807) is 0 Å². The van der Waals surface area contributed by atoms with Gasteiger partial charge in [-0.1, -0.05) is 45.4 Å². The van der Waals surface area contributed by atoms with E-state index < -0.39 is 0 Å². The van der Waals surface area contributed by atoms with Gasteiger partial charge in [-0.25, -0.2) is 0 Å². The molecule has 1 saturated carbocycles. The van der Waals surface area contributed by atoms with Crippen LogP contribution in [0, 0.1) is 5.92 Å². The van der Waals surface area contributed by atoms with E-state index in [-0.39, 0.29) is 0 Å². The summed E-state index contributed by atoms with van der Waals surface area (Å²) in [7, 11) is 2.09. The molecule has 108 valence electrons. The fraction of sp³-hybridized carbons (Fsp3) is 0.812. The third kappa shape index (κ3) is 4.07. The number of aryl methyl sites for hydroxylation is 1. The Morgan fingerprint density at radius 3 is 2.68 bits per heavy atom. The molecule has 2 rings (SSSR count). The topological polar surface area (TPSA) is 29.9 Å². The Balaban J connectivity index is 1.99. The first-order chi connectivity index (χ1) is 9.35. The quantitative estimate of drug-likeness (QED) is 0.789. The van der Waals surface area contributed by atoms with E-state index in [1.165, 1.54) is 50.6 Å². The second-order valence-electron chi connectivity index (χ2n) is 5.91. The Morgan fingerprint density at radius 1 is 1.32 bits per heavy atom. The summed E-state index contributed by atoms with van der Waals surface area (Å²) in [5.41, 5.74) is 1.37. The first-order valence-electron chi connectivity index (χ1n) is 8.04. The summed E-state index contributed by atoms with van der Waals surface area (Å²) in [5, 5.41) is 7.97. The maximum absolute atomic E-state index is 4.46. The van der Waals surface area contributed by atoms with Crippen molar-refractivity contribution >= 4 is 0 Å². The zero-order valence-electron chi connectivity index (χ0n) is 12.6. The van der Waals surface area contributed by atoms with E-state index in [1.807, 2.05) is 6.20 Å². The predicted molar refractivity (Wildman–Crippen MR) is 80.1 cm³/mol. The minimum absolute atomic E-state index is 0.470. The van der Waals surface area contributed by atoms with Gasteiger partial charge in [0, 0.05) is 18.8 Å². The smallest absolute Gasteiger partial charge is 0.0553 e. The van der Waals surface area contributed by atoms with Crippen LogP contribution in [-0.2, 0) is 6.54 Å². The van der Waals surface area contributed by atoms with Gasteiger partial charge >= 0.3 is 0 Å². The molecule has 3 heteroatoms. The van der Waals surface area contributed by atoms with Crippen molar-refractivity contribution in [2.45, 2.75) is 70.9 Å². The fourth-order valence-electron chi connectivity index (χ4n) is 3.36. The van der Waals surface area contributed by atoms with Crippen molar-refractivity contribution in [3.05, 3.63) is 18.0 Å². The molecule has 0 amide bonds. The SMILES string of the molecule is CCCn1nccc1C(CC1CCCCCC1)NC. The molecule has 0 bridgehead atoms. The molecule has 1 fully saturated rings. The second-order valence-corrected chi connectivity index (χ2v) is 5.91. The summed E-state index contributed by atoms with van der Waals surface area (Å²) in [5.74, 6) is 0.893. The number of hydrogen-bond donors (Lipinski definition) is 1. The molecule has 0 saturated heterocycles. The lowest BCUT2D eigenvalue weighted by Crippen LogP contribution is -2.23. The first-order valence-corrected chi connectivity index (χ1v) is 8.04. The lowest BCUT2D eigenvalue weighted by Gasteiger charge is -2.23. The summed E-state index contributed by atoms with van der Waals surface area (Å²) in [6, 6.07) is 2.66. The summed E-state index contributed by atoms with van der Waals surface area (Å²) >= 11 is 0. The van der Waals surface area contributed by atoms with Gasteiger partial charge in [-0.3, -0.25) is 4.68 Å². The number of rotatable bonds is 6. The highest BCUT2D eigenvalue weighted by molar-refractivity contribution is 5.07. The molecule has 0 spiro atoms. The third-order valence-corrected chi connectivity index (χ3v) is 4.43. The van der Waals surface area contributed by atoms with Gasteiger partial charge in [0.25, 0.3) is 0 Å². The molecular weight excluding hydrogens is 234 g/mol. The molecule has 19 heavy (non-hydrogen) atoms. The predicted octanol–water partition coefficient (Wildman–Crippen LogP) is 3.91. The summed E-state index contributed by atoms with van der Waals surface area (Å²) in [6.45, 7) is 3.25. The van der Waals surface area contributed by atoms with E-state index in [0.29, 0.717) is 6.04 Å². The fourth-order valence-corrected chi connectivity index (χ4v) is 3.36. The normalized spacial score (nSPS) is 19.3. The Morgan fingerprint density at radius 2 is 2.05 bits per heavy atom. The Bertz CT molecular complexity index is 351. The van der Waals surface area contributed by atoms with Gasteiger partial charge in [0.1, 0.15) is 0 Å². The lowest BCUT2D eigenvalue weighted by atomic mass is 9.91. The maximum Gasteiger partial charge on any atom is 0.0553 e. The molecule has 1 aliphatic rings. The van der Waals surface area contributed by atoms with Crippen LogP contribution in [0.1, 0.15) is 70.0 Å². The van der Waals surface area contributed by atoms with Gasteiger partial charge in [-0.15, -0.1) is 0 Å². The number of nitrogens with zero attached hydrogens (tertiary/aromatic N) is 2. The van der Waals surface area contributed by atoms with Crippen molar-refractivity contribution in [1.82, 2.24) is 15.1 Å². The highest BCUT2D eigenvalue weighted by atomic mass is 15.3. The monoisotopic (exact) mass is 263 g/mol. The number of nitrogens with one attached hydrogen (secondary N) is 1. The Hall–Kier alpha value is -0.830. The van der Waals surface area contributed by atoms with Crippen LogP contribution in [0.25, 0.3) is 0 Å². The molecule has 1 heterocycles. The van der Waals surface area contributed by atoms with Crippen molar-refractivity contribution in [2.75, 3.05) is 7.05 Å². The van der Waals surface area contributed by atoms with Gasteiger partial charge in [-0.2, -0.15) is 5.10 Å². The molecule has 1 unspecified atom stereocenters. The van der Waals surface area contributed by atoms with Crippen LogP contribution in [0.3, 0.4) is 0 Å². The summed E-state index contributed by atoms with van der Waals surface area (Å²) < 4.78 is 2.18. The third-order valence-electron chi connectivity index (χ3n) is 4.43. The minimum Gasteiger partial charge on any atom is -0.312 e. The minimum atomic E-state index is 0.470. The zero-order valence-corrected chi connectivity index (χ0v) is 12.6. The van der Waals surface area contributed by atoms with Crippen molar-refractivity contribution in [3.63, 3.8) is 0 Å². The largest absolute Gasteiger partial charge is 0.312 e. The summed E-state index contributed by atoms with van der Waals surface area (Å²) in [4.78, 5) is 0. The van der Waals surface area contributed by atoms with Crippen LogP contribution in [0.4, 0.5) is 0 Å². The molecule has 1 aromatic rings. The van der Waals surface area contributed by atoms with Gasteiger partial charge < -0.3 is 5.32 Å². The molecule has 0 aromatic carbocycles. The van der Waals surface area contributed by atoms with Crippen LogP contribution >= 0.6 is 0 Å². The Labute approximate surface area is 117 Å². The van der Waals surface area contributed by atoms with E-state index in [0.717, 1.165) is 18.9 Å². The van der Waals surface area contributed by atoms with Gasteiger partial charge in [0.2, 0.25) is 0 Å². The highest BCUT2D eigenvalue weighted by Gasteiger charge is 2.20. The van der Waals surface area contributed by atoms with Crippen LogP contribution in [0.5, 0.6) is 0 Å². The van der Waals surface area contributed by atoms with Crippen LogP contribution < -0.4 is 5.32 Å². The lowest BCUT2D eigenvalue weighted by molar-refractivity contribution is 0.353. The number of aromatic nitrogens is 2. The van der Waals surface area contributed by atoms with Crippen LogP contribution in [0.2, 0.25) is 0 Å². The van der Waals surface area contributed by atoms with Crippen molar-refractivity contribution < 1.29 is 0 Å². The zero-order chi connectivity index (χ0) is 13.5. The standard InChI is InChI=1S/C16H29N3/c1-3-12-19-16(10-11-18-19)15(17-2)13-14-8-6-4-5-7-9-14/h10-11,14-15,17H,3-9,12-13H2,1-2H3. The van der Waals surface area contributed by atoms with Gasteiger partial charge in [0.15, 0.2) is 0 Å². The molecule has 1 aromatic heterocycles. The molecule has 1 aliphatic carbocycles. The molecular formula is C16H29N3. The average molecular weight is 263 g/mol. The van der Waals surface area contributed by atoms with Crippen molar-refractivity contribution in [3.8, 4) is 0 Å². The van der Waals surface area contributed by atoms with E-state index in [9.17, 15) is 0 Å². The molecule has 3 nitrogen and oxygen atoms in total. The van der Waals surface area contributed by atoms with E-state index in [4.69, 9.17) is 0 Å². The Kier molecular flexibility index (Phi) is 5.90. The average Bonchev–Trinajstić information content (AvgIpc) is 2.72. The molecule has 1 N–H and O–H groups in total. The van der Waals surface area contributed by atoms with Gasteiger partial charge in [-0.05, 0) is 31.9 Å². The molecule has 0 radical (unpaired) electrons. The van der Waals surface area contributed by atoms with Crippen molar-refractivity contribution in [1.29, 1.82) is 0 Å². The van der Waals surface area contributed by atoms with Crippen LogP contribution in [0.15, 0.2) is 12.3 Å². The second kappa shape index (κ2) is 7.68. The van der Waals surface area contributed by atoms with Crippen LogP contribution in [-0.4, -0.2) is 16.8 Å². The number of hydrogen-bond acceptors (Lipinski definition) is 2. The molecule has 1 atom stereocenters. The molecule has 0 aliphatic heterocycles. The van der Waals surface area contributed by atoms with E-state index >= 15 is 0 Å². The highest BCUT2D eigenvalue weighted by Crippen LogP contribution is 2.30. The van der Waals surface area contributed by atoms with E-state index in [2.05, 4.69) is 35.1 Å². The van der Waals surface area contributed by atoms with Crippen molar-refractivity contribution in [2.24, 2.45) is 5.92 Å². The maximum atomic E-state index is 4.46. The van der Waals surface area contributed by atoms with Gasteiger partial charge in [0.05, 0.1) is 5.69 Å². The summed E-state index contributed by atoms with van der Waals surface area (Å²) in [6.07, 6.45) is 12.9.